The molecule has 0 aliphatic carbocycles. The first-order chi connectivity index (χ1) is 12.6. The fraction of sp³-hybridized carbons (Fsp3) is 0.727. The Kier molecular flexibility index (Phi) is 7.22. The van der Waals surface area contributed by atoms with Gasteiger partial charge in [-0.2, -0.15) is 0 Å². The van der Waals surface area contributed by atoms with Gasteiger partial charge in [0.2, 0.25) is 5.90 Å². The minimum absolute atomic E-state index is 0.296. The molecule has 0 unspecified atom stereocenters. The van der Waals surface area contributed by atoms with Gasteiger partial charge in [0.05, 0.1) is 7.11 Å². The number of hydrogen-bond donors (Lipinski definition) is 0. The molecule has 158 valence electrons. The maximum atomic E-state index is 13.3. The van der Waals surface area contributed by atoms with Crippen molar-refractivity contribution in [3.63, 3.8) is 0 Å². The molecule has 1 aliphatic heterocycles. The summed E-state index contributed by atoms with van der Waals surface area (Å²) in [4.78, 5) is 19.9. The highest BCUT2D eigenvalue weighted by molar-refractivity contribution is 6.83. The third-order valence-electron chi connectivity index (χ3n) is 4.23. The minimum atomic E-state index is -1.56. The van der Waals surface area contributed by atoms with Gasteiger partial charge >= 0.3 is 6.09 Å². The molecule has 6 heteroatoms. The molecule has 0 saturated carbocycles. The van der Waals surface area contributed by atoms with E-state index in [9.17, 15) is 4.79 Å². The van der Waals surface area contributed by atoms with Gasteiger partial charge in [0.1, 0.15) is 25.4 Å². The van der Waals surface area contributed by atoms with Crippen LogP contribution in [-0.2, 0) is 9.47 Å². The molecule has 0 spiro atoms. The quantitative estimate of drug-likeness (QED) is 0.366. The number of methoxy groups -OCH3 is 1. The first-order valence-corrected chi connectivity index (χ1v) is 13.3. The van der Waals surface area contributed by atoms with Gasteiger partial charge in [-0.25, -0.2) is 9.79 Å². The summed E-state index contributed by atoms with van der Waals surface area (Å²) in [6, 6.07) is 0. The standard InChI is InChI=1S/C22H38N2O3Si/c1-12-14-22(15-13-16-28(9,10)11)18(26-8)23-17(20(2,3)4)24(22)19(25)27-21(5,6)7/h12,17H,1,14-15H2,2-11H3/t17-,22-/m0/s1. The molecule has 0 radical (unpaired) electrons. The van der Waals surface area contributed by atoms with Crippen molar-refractivity contribution in [2.45, 2.75) is 91.3 Å². The Bertz CT molecular complexity index is 684. The van der Waals surface area contributed by atoms with Gasteiger partial charge in [-0.15, -0.1) is 18.0 Å². The molecule has 1 aliphatic rings. The summed E-state index contributed by atoms with van der Waals surface area (Å²) in [7, 11) is 0.0375. The van der Waals surface area contributed by atoms with Crippen LogP contribution in [0.1, 0.15) is 54.4 Å². The predicted octanol–water partition coefficient (Wildman–Crippen LogP) is 5.24. The molecular weight excluding hydrogens is 368 g/mol. The molecule has 1 heterocycles. The first kappa shape index (κ1) is 24.3. The zero-order chi connectivity index (χ0) is 22.0. The third kappa shape index (κ3) is 5.87. The highest BCUT2D eigenvalue weighted by Gasteiger charge is 2.56. The molecule has 28 heavy (non-hydrogen) atoms. The van der Waals surface area contributed by atoms with Gasteiger partial charge < -0.3 is 9.47 Å². The van der Waals surface area contributed by atoms with Crippen LogP contribution in [0.25, 0.3) is 0 Å². The second-order valence-electron chi connectivity index (χ2n) is 10.5. The summed E-state index contributed by atoms with van der Waals surface area (Å²) in [5, 5.41) is 0. The van der Waals surface area contributed by atoms with Gasteiger partial charge in [0.15, 0.2) is 0 Å². The fourth-order valence-corrected chi connectivity index (χ4v) is 3.77. The SMILES string of the molecule is C=CC[C@]1(CC#C[Si](C)(C)C)C(OC)=N[C@H](C(C)(C)C)N1C(=O)OC(C)(C)C. The number of carbonyl (C=O) groups is 1. The second-order valence-corrected chi connectivity index (χ2v) is 15.2. The van der Waals surface area contributed by atoms with E-state index in [1.807, 2.05) is 20.8 Å². The molecule has 1 rings (SSSR count). The van der Waals surface area contributed by atoms with Crippen molar-refractivity contribution in [1.82, 2.24) is 4.90 Å². The maximum absolute atomic E-state index is 13.3. The van der Waals surface area contributed by atoms with E-state index in [0.29, 0.717) is 18.7 Å². The van der Waals surface area contributed by atoms with Crippen molar-refractivity contribution >= 4 is 20.1 Å². The molecule has 5 nitrogen and oxygen atoms in total. The fourth-order valence-electron chi connectivity index (χ4n) is 3.15. The van der Waals surface area contributed by atoms with E-state index >= 15 is 0 Å². The second kappa shape index (κ2) is 8.32. The van der Waals surface area contributed by atoms with E-state index in [-0.39, 0.29) is 5.41 Å². The van der Waals surface area contributed by atoms with Crippen molar-refractivity contribution in [3.8, 4) is 11.5 Å². The van der Waals surface area contributed by atoms with E-state index in [0.717, 1.165) is 0 Å². The molecule has 0 bridgehead atoms. The van der Waals surface area contributed by atoms with Crippen molar-refractivity contribution in [1.29, 1.82) is 0 Å². The van der Waals surface area contributed by atoms with E-state index in [2.05, 4.69) is 58.5 Å². The third-order valence-corrected chi connectivity index (χ3v) is 5.15. The smallest absolute Gasteiger partial charge is 0.412 e. The topological polar surface area (TPSA) is 51.1 Å². The summed E-state index contributed by atoms with van der Waals surface area (Å²) in [5.41, 5.74) is 1.68. The lowest BCUT2D eigenvalue weighted by Crippen LogP contribution is -2.58. The summed E-state index contributed by atoms with van der Waals surface area (Å²) in [5.74, 6) is 3.85. The molecule has 0 saturated heterocycles. The lowest BCUT2D eigenvalue weighted by Gasteiger charge is -2.42. The Morgan fingerprint density at radius 3 is 2.25 bits per heavy atom. The monoisotopic (exact) mass is 406 g/mol. The van der Waals surface area contributed by atoms with Gasteiger partial charge in [-0.05, 0) is 27.2 Å². The molecule has 2 atom stereocenters. The number of hydrogen-bond acceptors (Lipinski definition) is 4. The van der Waals surface area contributed by atoms with E-state index in [1.165, 1.54) is 0 Å². The number of rotatable bonds is 3. The van der Waals surface area contributed by atoms with Crippen LogP contribution in [0.4, 0.5) is 4.79 Å². The molecule has 0 fully saturated rings. The molecule has 0 N–H and O–H groups in total. The molecule has 0 aromatic carbocycles. The van der Waals surface area contributed by atoms with Crippen molar-refractivity contribution in [2.75, 3.05) is 7.11 Å². The summed E-state index contributed by atoms with van der Waals surface area (Å²) >= 11 is 0. The van der Waals surface area contributed by atoms with Crippen LogP contribution >= 0.6 is 0 Å². The van der Waals surface area contributed by atoms with Gasteiger partial charge in [0, 0.05) is 11.8 Å². The summed E-state index contributed by atoms with van der Waals surface area (Å²) < 4.78 is 11.5. The van der Waals surface area contributed by atoms with Crippen molar-refractivity contribution in [3.05, 3.63) is 12.7 Å². The highest BCUT2D eigenvalue weighted by atomic mass is 28.3. The van der Waals surface area contributed by atoms with Crippen LogP contribution in [0, 0.1) is 16.9 Å². The zero-order valence-electron chi connectivity index (χ0n) is 19.4. The summed E-state index contributed by atoms with van der Waals surface area (Å²) in [6.07, 6.45) is 1.91. The van der Waals surface area contributed by atoms with Gasteiger partial charge in [-0.1, -0.05) is 46.5 Å². The molecule has 0 aromatic heterocycles. The Hall–Kier alpha value is -1.74. The van der Waals surface area contributed by atoms with E-state index in [1.54, 1.807) is 18.1 Å². The van der Waals surface area contributed by atoms with E-state index in [4.69, 9.17) is 14.5 Å². The normalized spacial score (nSPS) is 22.9. The van der Waals surface area contributed by atoms with Crippen molar-refractivity contribution < 1.29 is 14.3 Å². The van der Waals surface area contributed by atoms with Gasteiger partial charge in [-0.3, -0.25) is 4.90 Å². The predicted molar refractivity (Wildman–Crippen MR) is 119 cm³/mol. The molecular formula is C22H38N2O3Si. The Morgan fingerprint density at radius 1 is 1.29 bits per heavy atom. The van der Waals surface area contributed by atoms with Crippen LogP contribution in [0.15, 0.2) is 17.6 Å². The zero-order valence-corrected chi connectivity index (χ0v) is 20.4. The number of ether oxygens (including phenoxy) is 2. The van der Waals surface area contributed by atoms with Crippen LogP contribution in [0.5, 0.6) is 0 Å². The van der Waals surface area contributed by atoms with Gasteiger partial charge in [0.25, 0.3) is 0 Å². The average molecular weight is 407 g/mol. The number of nitrogens with zero attached hydrogens (tertiary/aromatic N) is 2. The number of amides is 1. The Morgan fingerprint density at radius 2 is 1.86 bits per heavy atom. The number of aliphatic imine (C=N–C) groups is 1. The lowest BCUT2D eigenvalue weighted by molar-refractivity contribution is -0.0140. The Balaban J connectivity index is 3.57. The Labute approximate surface area is 172 Å². The van der Waals surface area contributed by atoms with Crippen LogP contribution in [0.2, 0.25) is 19.6 Å². The van der Waals surface area contributed by atoms with Crippen LogP contribution in [-0.4, -0.2) is 49.4 Å². The van der Waals surface area contributed by atoms with E-state index < -0.39 is 31.5 Å². The minimum Gasteiger partial charge on any atom is -0.483 e. The van der Waals surface area contributed by atoms with Crippen LogP contribution < -0.4 is 0 Å². The summed E-state index contributed by atoms with van der Waals surface area (Å²) in [6.45, 7) is 22.3. The largest absolute Gasteiger partial charge is 0.483 e. The number of carbonyl (C=O) groups excluding carboxylic acids is 1. The van der Waals surface area contributed by atoms with Crippen molar-refractivity contribution in [2.24, 2.45) is 10.4 Å². The lowest BCUT2D eigenvalue weighted by atomic mass is 9.86. The average Bonchev–Trinajstić information content (AvgIpc) is 2.79. The highest BCUT2D eigenvalue weighted by Crippen LogP contribution is 2.42. The first-order valence-electron chi connectivity index (χ1n) is 9.83. The molecule has 1 amide bonds. The molecule has 0 aromatic rings. The van der Waals surface area contributed by atoms with Crippen LogP contribution in [0.3, 0.4) is 0 Å². The maximum Gasteiger partial charge on any atom is 0.412 e.